The number of nitrogens with two attached hydrogens (primary N) is 1. The first-order valence-electron chi connectivity index (χ1n) is 13.6. The lowest BCUT2D eigenvalue weighted by molar-refractivity contribution is -0.193. The van der Waals surface area contributed by atoms with E-state index in [-0.39, 0.29) is 24.4 Å². The van der Waals surface area contributed by atoms with Crippen LogP contribution in [0, 0.1) is 17.2 Å². The van der Waals surface area contributed by atoms with Crippen LogP contribution in [0.2, 0.25) is 0 Å². The maximum absolute atomic E-state index is 12.8. The molecule has 2 heterocycles. The molecule has 1 fully saturated rings. The third-order valence-corrected chi connectivity index (χ3v) is 8.05. The fraction of sp³-hybridized carbons (Fsp3) is 0.615. The van der Waals surface area contributed by atoms with Gasteiger partial charge in [0.05, 0.1) is 12.3 Å². The number of aromatic nitrogens is 3. The zero-order chi connectivity index (χ0) is 30.9. The summed E-state index contributed by atoms with van der Waals surface area (Å²) in [6.45, 7) is 4.17. The second-order valence-corrected chi connectivity index (χ2v) is 11.0. The molecule has 0 saturated heterocycles. The van der Waals surface area contributed by atoms with Crippen LogP contribution in [0.1, 0.15) is 64.7 Å². The summed E-state index contributed by atoms with van der Waals surface area (Å²) in [6.07, 6.45) is 1.10. The molecule has 1 aliphatic rings. The van der Waals surface area contributed by atoms with Crippen molar-refractivity contribution in [3.8, 4) is 6.07 Å². The number of rotatable bonds is 16. The van der Waals surface area contributed by atoms with Crippen molar-refractivity contribution >= 4 is 37.4 Å². The highest BCUT2D eigenvalue weighted by atomic mass is 31.1. The summed E-state index contributed by atoms with van der Waals surface area (Å²) in [5, 5.41) is 17.0. The largest absolute Gasteiger partial charge is 0.464 e. The van der Waals surface area contributed by atoms with Crippen molar-refractivity contribution in [1.82, 2.24) is 19.7 Å². The average Bonchev–Trinajstić information content (AvgIpc) is 3.40. The van der Waals surface area contributed by atoms with Gasteiger partial charge in [-0.1, -0.05) is 20.3 Å². The first-order valence-corrected chi connectivity index (χ1v) is 14.9. The molecule has 16 heteroatoms. The molecule has 1 unspecified atom stereocenters. The van der Waals surface area contributed by atoms with Gasteiger partial charge in [-0.25, -0.2) is 14.6 Å². The number of hydrogen-bond acceptors (Lipinski definition) is 13. The van der Waals surface area contributed by atoms with E-state index in [1.54, 1.807) is 19.9 Å². The van der Waals surface area contributed by atoms with E-state index >= 15 is 0 Å². The summed E-state index contributed by atoms with van der Waals surface area (Å²) in [5.41, 5.74) is 4.39. The Morgan fingerprint density at radius 2 is 1.93 bits per heavy atom. The Balaban J connectivity index is 1.89. The lowest BCUT2D eigenvalue weighted by Gasteiger charge is -2.37. The van der Waals surface area contributed by atoms with Gasteiger partial charge in [-0.3, -0.25) is 18.9 Å². The van der Waals surface area contributed by atoms with E-state index in [9.17, 15) is 24.2 Å². The number of anilines is 1. The molecule has 1 saturated carbocycles. The summed E-state index contributed by atoms with van der Waals surface area (Å²) in [7, 11) is -1.98. The molecule has 42 heavy (non-hydrogen) atoms. The molecule has 0 spiro atoms. The van der Waals surface area contributed by atoms with Crippen molar-refractivity contribution in [2.45, 2.75) is 76.7 Å². The minimum Gasteiger partial charge on any atom is -0.464 e. The van der Waals surface area contributed by atoms with Crippen molar-refractivity contribution in [2.24, 2.45) is 5.92 Å². The van der Waals surface area contributed by atoms with Gasteiger partial charge >= 0.3 is 17.9 Å². The third-order valence-electron chi connectivity index (χ3n) is 6.98. The number of nitrogens with one attached hydrogen (secondary N) is 1. The zero-order valence-corrected chi connectivity index (χ0v) is 25.0. The highest BCUT2D eigenvalue weighted by Crippen LogP contribution is 2.36. The number of carbonyl (C=O) groups is 3. The van der Waals surface area contributed by atoms with Crippen molar-refractivity contribution < 1.29 is 42.4 Å². The maximum atomic E-state index is 12.8. The fourth-order valence-electron chi connectivity index (χ4n) is 4.15. The van der Waals surface area contributed by atoms with Crippen molar-refractivity contribution in [3.05, 3.63) is 24.2 Å². The molecule has 0 radical (unpaired) electrons. The lowest BCUT2D eigenvalue weighted by Crippen LogP contribution is -2.53. The van der Waals surface area contributed by atoms with Crippen LogP contribution >= 0.6 is 8.18 Å². The number of nitrogen functional groups attached to an aromatic ring is 1. The molecular formula is C26H37N6O9P. The third kappa shape index (κ3) is 7.83. The van der Waals surface area contributed by atoms with Gasteiger partial charge < -0.3 is 29.2 Å². The van der Waals surface area contributed by atoms with Crippen molar-refractivity contribution in [3.63, 3.8) is 0 Å². The number of carbonyl (C=O) groups excluding carboxylic acids is 3. The number of nitriles is 1. The molecule has 2 aromatic heterocycles. The second kappa shape index (κ2) is 15.1. The van der Waals surface area contributed by atoms with Crippen LogP contribution in [0.5, 0.6) is 0 Å². The fourth-order valence-corrected chi connectivity index (χ4v) is 5.05. The van der Waals surface area contributed by atoms with Gasteiger partial charge in [-0.15, -0.1) is 0 Å². The van der Waals surface area contributed by atoms with Crippen LogP contribution in [0.15, 0.2) is 18.5 Å². The Labute approximate surface area is 243 Å². The van der Waals surface area contributed by atoms with E-state index in [0.29, 0.717) is 18.0 Å². The van der Waals surface area contributed by atoms with Gasteiger partial charge in [0, 0.05) is 20.0 Å². The second-order valence-electron chi connectivity index (χ2n) is 9.80. The summed E-state index contributed by atoms with van der Waals surface area (Å²) >= 11 is 0. The van der Waals surface area contributed by atoms with Gasteiger partial charge in [0.1, 0.15) is 30.6 Å². The predicted molar refractivity (Wildman–Crippen MR) is 148 cm³/mol. The monoisotopic (exact) mass is 608 g/mol. The zero-order valence-electron chi connectivity index (χ0n) is 24.0. The number of fused-ring (bicyclic) bond motifs is 1. The molecule has 0 aliphatic heterocycles. The standard InChI is InChI=1S/C26H37N6O9P/c1-5-20(33)40-22(18-10-11-19-24(28)29-15-30-32(18)19)23(41-21(34)6-2)26(13-27,37-4)14-39-42(36)31-16(3)25(35)38-12-17-8-7-9-17/h10-11,15-17,22-23,42H,5-9,12,14H2,1-4H3,(H,31,36)(H2,28,29,30)/t16-,22-,23-,26+/m0/s1. The Hall–Kier alpha value is -3.57. The van der Waals surface area contributed by atoms with Gasteiger partial charge in [0.25, 0.3) is 8.18 Å². The summed E-state index contributed by atoms with van der Waals surface area (Å²) in [4.78, 5) is 41.4. The molecule has 15 nitrogen and oxygen atoms in total. The number of hydrogen-bond donors (Lipinski definition) is 2. The molecule has 3 rings (SSSR count). The Bertz CT molecular complexity index is 1330. The average molecular weight is 609 g/mol. The number of esters is 3. The Kier molecular flexibility index (Phi) is 11.8. The van der Waals surface area contributed by atoms with Crippen molar-refractivity contribution in [2.75, 3.05) is 26.1 Å². The van der Waals surface area contributed by atoms with Crippen LogP contribution in [-0.4, -0.2) is 70.6 Å². The summed E-state index contributed by atoms with van der Waals surface area (Å²) in [6, 6.07) is 4.08. The van der Waals surface area contributed by atoms with Crippen LogP contribution < -0.4 is 10.8 Å². The minimum absolute atomic E-state index is 0.0409. The van der Waals surface area contributed by atoms with Gasteiger partial charge in [-0.2, -0.15) is 10.4 Å². The van der Waals surface area contributed by atoms with Crippen LogP contribution in [0.25, 0.3) is 5.52 Å². The maximum Gasteiger partial charge on any atom is 0.323 e. The van der Waals surface area contributed by atoms with E-state index in [4.69, 9.17) is 29.2 Å². The SMILES string of the molecule is CCC(=O)O[C@@H](c1ccc2c(N)ncnn12)[C@H](OC(=O)CC)[C@@](C#N)(CO[PH](=O)N[C@@H](C)C(=O)OCC1CCC1)OC. The molecule has 0 aromatic carbocycles. The molecule has 1 aliphatic carbocycles. The van der Waals surface area contributed by atoms with E-state index in [2.05, 4.69) is 15.2 Å². The molecular weight excluding hydrogens is 571 g/mol. The molecule has 0 amide bonds. The first kappa shape index (κ1) is 32.9. The van der Waals surface area contributed by atoms with Crippen LogP contribution in [0.3, 0.4) is 0 Å². The highest BCUT2D eigenvalue weighted by Gasteiger charge is 2.51. The lowest BCUT2D eigenvalue weighted by atomic mass is 9.86. The summed E-state index contributed by atoms with van der Waals surface area (Å²) in [5.74, 6) is -1.54. The minimum atomic E-state index is -3.15. The predicted octanol–water partition coefficient (Wildman–Crippen LogP) is 2.26. The molecule has 3 N–H and O–H groups in total. The van der Waals surface area contributed by atoms with Crippen LogP contribution in [0.4, 0.5) is 5.82 Å². The van der Waals surface area contributed by atoms with E-state index in [0.717, 1.165) is 19.3 Å². The first-order chi connectivity index (χ1) is 20.1. The van der Waals surface area contributed by atoms with Crippen molar-refractivity contribution in [1.29, 1.82) is 5.26 Å². The summed E-state index contributed by atoms with van der Waals surface area (Å²) < 4.78 is 41.8. The van der Waals surface area contributed by atoms with E-state index in [1.807, 2.05) is 6.07 Å². The number of ether oxygens (including phenoxy) is 4. The van der Waals surface area contributed by atoms with E-state index < -0.39 is 56.5 Å². The number of nitrogens with zero attached hydrogens (tertiary/aromatic N) is 4. The highest BCUT2D eigenvalue weighted by molar-refractivity contribution is 7.36. The quantitative estimate of drug-likeness (QED) is 0.159. The van der Waals surface area contributed by atoms with Gasteiger partial charge in [0.2, 0.25) is 5.60 Å². The van der Waals surface area contributed by atoms with E-state index in [1.165, 1.54) is 30.9 Å². The molecule has 0 bridgehead atoms. The Morgan fingerprint density at radius 1 is 1.24 bits per heavy atom. The smallest absolute Gasteiger partial charge is 0.323 e. The van der Waals surface area contributed by atoms with Gasteiger partial charge in [0.15, 0.2) is 18.0 Å². The van der Waals surface area contributed by atoms with Gasteiger partial charge in [-0.05, 0) is 37.8 Å². The molecule has 2 aromatic rings. The topological polar surface area (TPSA) is 206 Å². The number of methoxy groups -OCH3 is 1. The normalized spacial score (nSPS) is 17.6. The molecule has 5 atom stereocenters. The Morgan fingerprint density at radius 3 is 2.52 bits per heavy atom. The molecule has 230 valence electrons. The van der Waals surface area contributed by atoms with Crippen LogP contribution in [-0.2, 0) is 42.4 Å².